The molecule has 0 aliphatic rings. The van der Waals surface area contributed by atoms with Gasteiger partial charge in [-0.25, -0.2) is 14.8 Å². The zero-order valence-corrected chi connectivity index (χ0v) is 11.2. The molecule has 2 aromatic rings. The maximum absolute atomic E-state index is 10.9. The van der Waals surface area contributed by atoms with Crippen LogP contribution in [0.1, 0.15) is 23.0 Å². The van der Waals surface area contributed by atoms with Crippen LogP contribution in [0.15, 0.2) is 18.5 Å². The van der Waals surface area contributed by atoms with Gasteiger partial charge in [-0.2, -0.15) is 0 Å². The summed E-state index contributed by atoms with van der Waals surface area (Å²) >= 11 is 0. The van der Waals surface area contributed by atoms with E-state index in [0.29, 0.717) is 17.2 Å². The Bertz CT molecular complexity index is 624. The molecule has 0 amide bonds. The minimum Gasteiger partial charge on any atom is -0.477 e. The van der Waals surface area contributed by atoms with Crippen molar-refractivity contribution in [3.05, 3.63) is 29.7 Å². The third kappa shape index (κ3) is 2.94. The zero-order valence-electron chi connectivity index (χ0n) is 11.2. The second-order valence-electron chi connectivity index (χ2n) is 4.56. The Labute approximate surface area is 115 Å². The number of aryl methyl sites for hydroxylation is 1. The van der Waals surface area contributed by atoms with Crippen LogP contribution in [0, 0.1) is 6.92 Å². The van der Waals surface area contributed by atoms with Crippen molar-refractivity contribution in [2.24, 2.45) is 0 Å². The standard InChI is InChI=1S/C13H16N4O3/c1-7-4-15-13(16-8(2)6-18)17-11(7)9-3-10(12(19)20)14-5-9/h3-5,8,14,18H,6H2,1-2H3,(H,19,20)(H,15,16,17). The number of carboxylic acids is 1. The van der Waals surface area contributed by atoms with E-state index in [1.807, 2.05) is 13.8 Å². The third-order valence-corrected chi connectivity index (χ3v) is 2.81. The number of hydrogen-bond acceptors (Lipinski definition) is 5. The van der Waals surface area contributed by atoms with Crippen LogP contribution < -0.4 is 5.32 Å². The first kappa shape index (κ1) is 14.0. The lowest BCUT2D eigenvalue weighted by Crippen LogP contribution is -2.21. The lowest BCUT2D eigenvalue weighted by atomic mass is 10.1. The summed E-state index contributed by atoms with van der Waals surface area (Å²) in [4.78, 5) is 22.1. The summed E-state index contributed by atoms with van der Waals surface area (Å²) in [6, 6.07) is 1.36. The Morgan fingerprint density at radius 2 is 2.30 bits per heavy atom. The minimum atomic E-state index is -1.02. The molecule has 2 heterocycles. The van der Waals surface area contributed by atoms with Crippen molar-refractivity contribution in [2.75, 3.05) is 11.9 Å². The van der Waals surface area contributed by atoms with Crippen molar-refractivity contribution in [3.63, 3.8) is 0 Å². The van der Waals surface area contributed by atoms with E-state index in [-0.39, 0.29) is 18.3 Å². The molecule has 2 rings (SSSR count). The van der Waals surface area contributed by atoms with Gasteiger partial charge in [0.05, 0.1) is 12.3 Å². The molecule has 0 aliphatic heterocycles. The Morgan fingerprint density at radius 3 is 2.90 bits per heavy atom. The summed E-state index contributed by atoms with van der Waals surface area (Å²) < 4.78 is 0. The maximum Gasteiger partial charge on any atom is 0.352 e. The quantitative estimate of drug-likeness (QED) is 0.654. The summed E-state index contributed by atoms with van der Waals surface area (Å²) in [5.74, 6) is -0.625. The van der Waals surface area contributed by atoms with Crippen LogP contribution in [-0.4, -0.2) is 43.8 Å². The molecular weight excluding hydrogens is 260 g/mol. The number of rotatable bonds is 5. The molecule has 7 heteroatoms. The fourth-order valence-corrected chi connectivity index (χ4v) is 1.72. The normalized spacial score (nSPS) is 12.2. The van der Waals surface area contributed by atoms with Gasteiger partial charge in [0.2, 0.25) is 5.95 Å². The van der Waals surface area contributed by atoms with Crippen molar-refractivity contribution in [3.8, 4) is 11.3 Å². The first-order chi connectivity index (χ1) is 9.51. The molecular formula is C13H16N4O3. The maximum atomic E-state index is 10.9. The topological polar surface area (TPSA) is 111 Å². The van der Waals surface area contributed by atoms with Gasteiger partial charge >= 0.3 is 5.97 Å². The molecule has 1 unspecified atom stereocenters. The predicted molar refractivity (Wildman–Crippen MR) is 73.7 cm³/mol. The SMILES string of the molecule is Cc1cnc(NC(C)CO)nc1-c1c[nH]c(C(=O)O)c1. The lowest BCUT2D eigenvalue weighted by molar-refractivity contribution is 0.0691. The van der Waals surface area contributed by atoms with E-state index in [9.17, 15) is 4.79 Å². The van der Waals surface area contributed by atoms with E-state index < -0.39 is 5.97 Å². The van der Waals surface area contributed by atoms with Crippen LogP contribution in [-0.2, 0) is 0 Å². The van der Waals surface area contributed by atoms with E-state index in [0.717, 1.165) is 5.56 Å². The van der Waals surface area contributed by atoms with Crippen molar-refractivity contribution in [1.29, 1.82) is 0 Å². The highest BCUT2D eigenvalue weighted by atomic mass is 16.4. The number of anilines is 1. The van der Waals surface area contributed by atoms with Crippen LogP contribution in [0.5, 0.6) is 0 Å². The Balaban J connectivity index is 2.34. The van der Waals surface area contributed by atoms with E-state index in [1.54, 1.807) is 12.4 Å². The highest BCUT2D eigenvalue weighted by Crippen LogP contribution is 2.22. The molecule has 106 valence electrons. The highest BCUT2D eigenvalue weighted by Gasteiger charge is 2.12. The number of hydrogen-bond donors (Lipinski definition) is 4. The van der Waals surface area contributed by atoms with Crippen molar-refractivity contribution >= 4 is 11.9 Å². The molecule has 1 atom stereocenters. The molecule has 0 saturated heterocycles. The minimum absolute atomic E-state index is 0.0279. The fraction of sp³-hybridized carbons (Fsp3) is 0.308. The largest absolute Gasteiger partial charge is 0.477 e. The average Bonchev–Trinajstić information content (AvgIpc) is 2.90. The second-order valence-corrected chi connectivity index (χ2v) is 4.56. The van der Waals surface area contributed by atoms with Crippen LogP contribution in [0.25, 0.3) is 11.3 Å². The third-order valence-electron chi connectivity index (χ3n) is 2.81. The van der Waals surface area contributed by atoms with E-state index in [2.05, 4.69) is 20.3 Å². The molecule has 0 spiro atoms. The Hall–Kier alpha value is -2.41. The number of H-pyrrole nitrogens is 1. The molecule has 7 nitrogen and oxygen atoms in total. The molecule has 0 bridgehead atoms. The number of aromatic carboxylic acids is 1. The van der Waals surface area contributed by atoms with Crippen molar-refractivity contribution in [2.45, 2.75) is 19.9 Å². The number of aromatic amines is 1. The van der Waals surface area contributed by atoms with Crippen molar-refractivity contribution in [1.82, 2.24) is 15.0 Å². The van der Waals surface area contributed by atoms with Gasteiger partial charge in [-0.05, 0) is 25.5 Å². The number of aromatic nitrogens is 3. The smallest absolute Gasteiger partial charge is 0.352 e. The van der Waals surface area contributed by atoms with Crippen molar-refractivity contribution < 1.29 is 15.0 Å². The van der Waals surface area contributed by atoms with E-state index in [4.69, 9.17) is 10.2 Å². The van der Waals surface area contributed by atoms with Gasteiger partial charge in [-0.15, -0.1) is 0 Å². The van der Waals surface area contributed by atoms with Gasteiger partial charge in [0.25, 0.3) is 0 Å². The summed E-state index contributed by atoms with van der Waals surface area (Å²) in [6.45, 7) is 3.63. The monoisotopic (exact) mass is 276 g/mol. The highest BCUT2D eigenvalue weighted by molar-refractivity contribution is 5.87. The van der Waals surface area contributed by atoms with Crippen LogP contribution in [0.4, 0.5) is 5.95 Å². The zero-order chi connectivity index (χ0) is 14.7. The number of nitrogens with zero attached hydrogens (tertiary/aromatic N) is 2. The molecule has 0 saturated carbocycles. The van der Waals surface area contributed by atoms with Crippen LogP contribution in [0.2, 0.25) is 0 Å². The molecule has 0 aromatic carbocycles. The van der Waals surface area contributed by atoms with Gasteiger partial charge in [-0.3, -0.25) is 0 Å². The summed E-state index contributed by atoms with van der Waals surface area (Å²) in [6.07, 6.45) is 3.25. The van der Waals surface area contributed by atoms with E-state index in [1.165, 1.54) is 6.07 Å². The van der Waals surface area contributed by atoms with Gasteiger partial charge in [0, 0.05) is 24.0 Å². The van der Waals surface area contributed by atoms with Gasteiger partial charge < -0.3 is 20.5 Å². The number of aliphatic hydroxyl groups excluding tert-OH is 1. The molecule has 0 fully saturated rings. The number of carboxylic acid groups (broad SMARTS) is 1. The number of nitrogens with one attached hydrogen (secondary N) is 2. The van der Waals surface area contributed by atoms with Crippen LogP contribution >= 0.6 is 0 Å². The first-order valence-electron chi connectivity index (χ1n) is 6.14. The lowest BCUT2D eigenvalue weighted by Gasteiger charge is -2.12. The van der Waals surface area contributed by atoms with Gasteiger partial charge in [-0.1, -0.05) is 0 Å². The van der Waals surface area contributed by atoms with Crippen LogP contribution in [0.3, 0.4) is 0 Å². The molecule has 0 radical (unpaired) electrons. The van der Waals surface area contributed by atoms with Gasteiger partial charge in [0.15, 0.2) is 0 Å². The average molecular weight is 276 g/mol. The fourth-order valence-electron chi connectivity index (χ4n) is 1.72. The number of aliphatic hydroxyl groups is 1. The summed E-state index contributed by atoms with van der Waals surface area (Å²) in [5, 5.41) is 20.9. The Morgan fingerprint density at radius 1 is 1.55 bits per heavy atom. The predicted octanol–water partition coefficient (Wildman–Crippen LogP) is 1.27. The molecule has 2 aromatic heterocycles. The second kappa shape index (κ2) is 5.70. The van der Waals surface area contributed by atoms with E-state index >= 15 is 0 Å². The number of carbonyl (C=O) groups is 1. The Kier molecular flexibility index (Phi) is 3.99. The first-order valence-corrected chi connectivity index (χ1v) is 6.14. The summed E-state index contributed by atoms with van der Waals surface area (Å²) in [7, 11) is 0. The molecule has 0 aliphatic carbocycles. The molecule has 4 N–H and O–H groups in total. The van der Waals surface area contributed by atoms with Gasteiger partial charge in [0.1, 0.15) is 5.69 Å². The molecule has 20 heavy (non-hydrogen) atoms. The summed E-state index contributed by atoms with van der Waals surface area (Å²) in [5.41, 5.74) is 2.28.